The number of thiophene rings is 1. The van der Waals surface area contributed by atoms with E-state index in [2.05, 4.69) is 15.4 Å². The largest absolute Gasteiger partial charge is 0.326 e. The average Bonchev–Trinajstić information content (AvgIpc) is 3.20. The molecule has 0 saturated heterocycles. The van der Waals surface area contributed by atoms with Crippen molar-refractivity contribution in [1.82, 2.24) is 4.72 Å². The Kier molecular flexibility index (Phi) is 6.42. The molecule has 0 saturated carbocycles. The summed E-state index contributed by atoms with van der Waals surface area (Å²) >= 11 is 1.46. The van der Waals surface area contributed by atoms with Crippen LogP contribution in [0.4, 0.5) is 11.4 Å². The molecular formula is C20H19N3O4S2. The minimum absolute atomic E-state index is 0.00806. The summed E-state index contributed by atoms with van der Waals surface area (Å²) in [5.41, 5.74) is 1.23. The monoisotopic (exact) mass is 429 g/mol. The van der Waals surface area contributed by atoms with Crippen LogP contribution in [0, 0.1) is 0 Å². The Morgan fingerprint density at radius 2 is 1.66 bits per heavy atom. The highest BCUT2D eigenvalue weighted by molar-refractivity contribution is 7.89. The molecule has 0 bridgehead atoms. The third kappa shape index (κ3) is 5.74. The number of sulfonamides is 1. The lowest BCUT2D eigenvalue weighted by atomic mass is 10.2. The van der Waals surface area contributed by atoms with E-state index in [-0.39, 0.29) is 22.9 Å². The molecule has 0 aliphatic heterocycles. The number of benzene rings is 2. The van der Waals surface area contributed by atoms with Crippen LogP contribution in [0.5, 0.6) is 0 Å². The summed E-state index contributed by atoms with van der Waals surface area (Å²) in [6.45, 7) is 1.58. The van der Waals surface area contributed by atoms with Crippen LogP contribution in [0.3, 0.4) is 0 Å². The molecule has 0 aliphatic carbocycles. The van der Waals surface area contributed by atoms with Gasteiger partial charge < -0.3 is 10.6 Å². The summed E-state index contributed by atoms with van der Waals surface area (Å²) in [6, 6.07) is 16.2. The Hall–Kier alpha value is -3.01. The highest BCUT2D eigenvalue weighted by Crippen LogP contribution is 2.18. The Balaban J connectivity index is 1.73. The molecule has 0 fully saturated rings. The maximum atomic E-state index is 12.6. The first-order chi connectivity index (χ1) is 13.8. The van der Waals surface area contributed by atoms with Crippen molar-refractivity contribution in [3.05, 3.63) is 76.5 Å². The second-order valence-corrected chi connectivity index (χ2v) is 8.95. The number of nitrogens with one attached hydrogen (secondary N) is 3. The molecule has 0 radical (unpaired) electrons. The van der Waals surface area contributed by atoms with E-state index in [0.29, 0.717) is 11.4 Å². The van der Waals surface area contributed by atoms with Gasteiger partial charge in [-0.15, -0.1) is 11.3 Å². The summed E-state index contributed by atoms with van der Waals surface area (Å²) in [7, 11) is -3.76. The molecule has 2 aromatic carbocycles. The quantitative estimate of drug-likeness (QED) is 0.535. The van der Waals surface area contributed by atoms with E-state index < -0.39 is 15.9 Å². The molecule has 150 valence electrons. The van der Waals surface area contributed by atoms with Gasteiger partial charge in [-0.2, -0.15) is 0 Å². The molecule has 2 amide bonds. The van der Waals surface area contributed by atoms with Crippen molar-refractivity contribution in [3.63, 3.8) is 0 Å². The van der Waals surface area contributed by atoms with Crippen molar-refractivity contribution in [2.75, 3.05) is 10.6 Å². The van der Waals surface area contributed by atoms with Crippen molar-refractivity contribution < 1.29 is 18.0 Å². The summed E-state index contributed by atoms with van der Waals surface area (Å²) in [5.74, 6) is -0.679. The van der Waals surface area contributed by atoms with Crippen LogP contribution in [-0.4, -0.2) is 20.2 Å². The maximum Gasteiger partial charge on any atom is 0.255 e. The van der Waals surface area contributed by atoms with Crippen LogP contribution in [0.25, 0.3) is 0 Å². The van der Waals surface area contributed by atoms with Gasteiger partial charge in [-0.1, -0.05) is 18.2 Å². The van der Waals surface area contributed by atoms with Gasteiger partial charge in [0.25, 0.3) is 5.91 Å². The van der Waals surface area contributed by atoms with Gasteiger partial charge in [0, 0.05) is 35.3 Å². The Labute approximate surface area is 172 Å². The molecule has 0 aliphatic rings. The standard InChI is InChI=1S/C20H19N3O4S2/c1-14(24)22-16-6-3-7-17(12-16)23-20(25)15-5-2-9-19(11-15)29(26,27)21-13-18-8-4-10-28-18/h2-12,21H,13H2,1H3,(H,22,24)(H,23,25). The molecule has 0 spiro atoms. The van der Waals surface area contributed by atoms with Crippen LogP contribution < -0.4 is 15.4 Å². The van der Waals surface area contributed by atoms with Crippen molar-refractivity contribution in [1.29, 1.82) is 0 Å². The highest BCUT2D eigenvalue weighted by Gasteiger charge is 2.16. The number of rotatable bonds is 7. The van der Waals surface area contributed by atoms with E-state index in [4.69, 9.17) is 0 Å². The minimum Gasteiger partial charge on any atom is -0.326 e. The summed E-state index contributed by atoms with van der Waals surface area (Å²) < 4.78 is 27.6. The molecule has 1 heterocycles. The van der Waals surface area contributed by atoms with Crippen molar-refractivity contribution in [2.45, 2.75) is 18.4 Å². The predicted molar refractivity (Wildman–Crippen MR) is 113 cm³/mol. The summed E-state index contributed by atoms with van der Waals surface area (Å²) in [6.07, 6.45) is 0. The summed E-state index contributed by atoms with van der Waals surface area (Å²) in [4.78, 5) is 24.6. The van der Waals surface area contributed by atoms with Crippen molar-refractivity contribution in [2.24, 2.45) is 0 Å². The third-order valence-electron chi connectivity index (χ3n) is 3.86. The Morgan fingerprint density at radius 1 is 0.931 bits per heavy atom. The number of anilines is 2. The number of hydrogen-bond acceptors (Lipinski definition) is 5. The molecule has 0 atom stereocenters. The van der Waals surface area contributed by atoms with E-state index in [1.165, 1.54) is 42.5 Å². The fourth-order valence-electron chi connectivity index (χ4n) is 2.55. The second-order valence-electron chi connectivity index (χ2n) is 6.15. The van der Waals surface area contributed by atoms with Crippen molar-refractivity contribution >= 4 is 44.5 Å². The molecule has 1 aromatic heterocycles. The van der Waals surface area contributed by atoms with E-state index in [9.17, 15) is 18.0 Å². The van der Waals surface area contributed by atoms with Crippen LogP contribution in [0.1, 0.15) is 22.2 Å². The molecule has 3 aromatic rings. The molecule has 7 nitrogen and oxygen atoms in total. The average molecular weight is 430 g/mol. The zero-order valence-corrected chi connectivity index (χ0v) is 17.1. The van der Waals surface area contributed by atoms with E-state index in [1.807, 2.05) is 17.5 Å². The van der Waals surface area contributed by atoms with Gasteiger partial charge in [0.1, 0.15) is 0 Å². The second kappa shape index (κ2) is 8.99. The van der Waals surface area contributed by atoms with Crippen LogP contribution in [0.15, 0.2) is 70.9 Å². The zero-order valence-electron chi connectivity index (χ0n) is 15.5. The van der Waals surface area contributed by atoms with Crippen LogP contribution in [0.2, 0.25) is 0 Å². The van der Waals surface area contributed by atoms with Gasteiger partial charge in [-0.05, 0) is 47.8 Å². The smallest absolute Gasteiger partial charge is 0.255 e. The molecule has 3 rings (SSSR count). The lowest BCUT2D eigenvalue weighted by molar-refractivity contribution is -0.114. The SMILES string of the molecule is CC(=O)Nc1cccc(NC(=O)c2cccc(S(=O)(=O)NCc3cccs3)c2)c1. The molecule has 29 heavy (non-hydrogen) atoms. The fraction of sp³-hybridized carbons (Fsp3) is 0.100. The van der Waals surface area contributed by atoms with Gasteiger partial charge in [0.2, 0.25) is 15.9 Å². The van der Waals surface area contributed by atoms with Gasteiger partial charge in [0.05, 0.1) is 4.90 Å². The van der Waals surface area contributed by atoms with Crippen LogP contribution in [-0.2, 0) is 21.4 Å². The van der Waals surface area contributed by atoms with Gasteiger partial charge in [-0.3, -0.25) is 9.59 Å². The Morgan fingerprint density at radius 3 is 2.34 bits per heavy atom. The molecule has 3 N–H and O–H groups in total. The molecular weight excluding hydrogens is 410 g/mol. The lowest BCUT2D eigenvalue weighted by Crippen LogP contribution is -2.23. The first-order valence-electron chi connectivity index (χ1n) is 8.64. The molecule has 0 unspecified atom stereocenters. The van der Waals surface area contributed by atoms with Crippen LogP contribution >= 0.6 is 11.3 Å². The predicted octanol–water partition coefficient (Wildman–Crippen LogP) is 3.44. The fourth-order valence-corrected chi connectivity index (χ4v) is 4.34. The highest BCUT2D eigenvalue weighted by atomic mass is 32.2. The zero-order chi connectivity index (χ0) is 20.9. The topological polar surface area (TPSA) is 104 Å². The van der Waals surface area contributed by atoms with Gasteiger partial charge >= 0.3 is 0 Å². The number of hydrogen-bond donors (Lipinski definition) is 3. The van der Waals surface area contributed by atoms with E-state index in [1.54, 1.807) is 24.3 Å². The third-order valence-corrected chi connectivity index (χ3v) is 6.14. The summed E-state index contributed by atoms with van der Waals surface area (Å²) in [5, 5.41) is 7.21. The lowest BCUT2D eigenvalue weighted by Gasteiger charge is -2.10. The van der Waals surface area contributed by atoms with E-state index in [0.717, 1.165) is 4.88 Å². The first-order valence-corrected chi connectivity index (χ1v) is 11.0. The maximum absolute atomic E-state index is 12.6. The minimum atomic E-state index is -3.76. The normalized spacial score (nSPS) is 11.1. The molecule has 9 heteroatoms. The van der Waals surface area contributed by atoms with E-state index >= 15 is 0 Å². The number of carbonyl (C=O) groups is 2. The van der Waals surface area contributed by atoms with Gasteiger partial charge in [0.15, 0.2) is 0 Å². The Bertz CT molecular complexity index is 1130. The number of amides is 2. The first kappa shape index (κ1) is 20.7. The number of carbonyl (C=O) groups excluding carboxylic acids is 2. The van der Waals surface area contributed by atoms with Gasteiger partial charge in [-0.25, -0.2) is 13.1 Å². The van der Waals surface area contributed by atoms with Crippen molar-refractivity contribution in [3.8, 4) is 0 Å².